The number of carbonyl (C=O) groups is 3. The number of rotatable bonds is 4. The Hall–Kier alpha value is -1.99. The van der Waals surface area contributed by atoms with Crippen molar-refractivity contribution < 1.29 is 19.1 Å². The van der Waals surface area contributed by atoms with E-state index >= 15 is 0 Å². The Balaban J connectivity index is 1.60. The number of hydrogen-bond donors (Lipinski definition) is 2. The second-order valence-corrected chi connectivity index (χ2v) is 6.96. The van der Waals surface area contributed by atoms with Gasteiger partial charge in [-0.15, -0.1) is 0 Å². The van der Waals surface area contributed by atoms with Crippen LogP contribution in [0.25, 0.3) is 0 Å². The maximum absolute atomic E-state index is 12.5. The zero-order valence-electron chi connectivity index (χ0n) is 13.3. The van der Waals surface area contributed by atoms with Crippen LogP contribution in [0.3, 0.4) is 0 Å². The number of nitrogens with one attached hydrogen (secondary N) is 2. The number of hydrogen-bond acceptors (Lipinski definition) is 4. The topological polar surface area (TPSA) is 87.7 Å². The van der Waals surface area contributed by atoms with Crippen LogP contribution in [-0.4, -0.2) is 35.0 Å². The summed E-state index contributed by atoms with van der Waals surface area (Å²) in [4.78, 5) is 36.7. The number of nitrogens with zero attached hydrogens (tertiary/aromatic N) is 1. The third kappa shape index (κ3) is 3.67. The van der Waals surface area contributed by atoms with Gasteiger partial charge >= 0.3 is 6.03 Å². The molecule has 2 N–H and O–H groups in total. The van der Waals surface area contributed by atoms with Crippen LogP contribution in [0.2, 0.25) is 10.0 Å². The minimum Gasteiger partial charge on any atom is -0.482 e. The maximum Gasteiger partial charge on any atom is 0.344 e. The van der Waals surface area contributed by atoms with E-state index in [4.69, 9.17) is 27.9 Å². The van der Waals surface area contributed by atoms with Gasteiger partial charge in [0.25, 0.3) is 11.8 Å². The summed E-state index contributed by atoms with van der Waals surface area (Å²) in [5.74, 6) is -0.830. The molecule has 1 aliphatic heterocycles. The van der Waals surface area contributed by atoms with E-state index in [0.29, 0.717) is 22.9 Å². The molecule has 0 atom stereocenters. The van der Waals surface area contributed by atoms with Crippen molar-refractivity contribution in [2.24, 2.45) is 0 Å². The van der Waals surface area contributed by atoms with Gasteiger partial charge in [0.2, 0.25) is 0 Å². The van der Waals surface area contributed by atoms with Crippen molar-refractivity contribution in [2.75, 3.05) is 6.61 Å². The second-order valence-electron chi connectivity index (χ2n) is 6.11. The molecule has 4 amide bonds. The molecule has 0 unspecified atom stereocenters. The van der Waals surface area contributed by atoms with Gasteiger partial charge in [0.1, 0.15) is 11.3 Å². The van der Waals surface area contributed by atoms with E-state index < -0.39 is 30.0 Å². The van der Waals surface area contributed by atoms with Crippen LogP contribution < -0.4 is 15.5 Å². The fraction of sp³-hybridized carbons (Fsp3) is 0.438. The van der Waals surface area contributed by atoms with Crippen LogP contribution in [0.15, 0.2) is 18.2 Å². The van der Waals surface area contributed by atoms with Gasteiger partial charge in [-0.05, 0) is 25.0 Å². The monoisotopic (exact) mass is 385 g/mol. The predicted molar refractivity (Wildman–Crippen MR) is 91.3 cm³/mol. The van der Waals surface area contributed by atoms with E-state index in [1.54, 1.807) is 12.1 Å². The first-order chi connectivity index (χ1) is 11.9. The fourth-order valence-electron chi connectivity index (χ4n) is 3.10. The molecule has 7 nitrogen and oxygen atoms in total. The van der Waals surface area contributed by atoms with Gasteiger partial charge in [-0.3, -0.25) is 15.0 Å². The van der Waals surface area contributed by atoms with Crippen molar-refractivity contribution in [3.05, 3.63) is 28.2 Å². The van der Waals surface area contributed by atoms with E-state index in [9.17, 15) is 14.4 Å². The van der Waals surface area contributed by atoms with E-state index in [1.165, 1.54) is 6.07 Å². The SMILES string of the molecule is O=C(COc1cc(Cl)ccc1Cl)NN1C(=O)NC2(CCCCC2)C1=O. The Labute approximate surface area is 154 Å². The first-order valence-electron chi connectivity index (χ1n) is 7.95. The molecule has 25 heavy (non-hydrogen) atoms. The zero-order valence-corrected chi connectivity index (χ0v) is 14.8. The first kappa shape index (κ1) is 17.8. The molecular weight excluding hydrogens is 369 g/mol. The lowest BCUT2D eigenvalue weighted by Crippen LogP contribution is -2.51. The molecule has 9 heteroatoms. The minimum atomic E-state index is -0.889. The highest BCUT2D eigenvalue weighted by Crippen LogP contribution is 2.33. The van der Waals surface area contributed by atoms with Crippen LogP contribution in [-0.2, 0) is 9.59 Å². The predicted octanol–water partition coefficient (Wildman–Crippen LogP) is 2.66. The Morgan fingerprint density at radius 2 is 1.96 bits per heavy atom. The lowest BCUT2D eigenvalue weighted by atomic mass is 9.82. The molecular formula is C16H17Cl2N3O4. The summed E-state index contributed by atoms with van der Waals surface area (Å²) < 4.78 is 5.30. The molecule has 3 rings (SSSR count). The lowest BCUT2D eigenvalue weighted by molar-refractivity contribution is -0.140. The molecule has 0 aromatic heterocycles. The van der Waals surface area contributed by atoms with Gasteiger partial charge in [-0.1, -0.05) is 42.5 Å². The van der Waals surface area contributed by atoms with Crippen LogP contribution in [0.4, 0.5) is 4.79 Å². The molecule has 1 saturated heterocycles. The van der Waals surface area contributed by atoms with Crippen molar-refractivity contribution in [2.45, 2.75) is 37.6 Å². The summed E-state index contributed by atoms with van der Waals surface area (Å²) in [5, 5.41) is 4.15. The van der Waals surface area contributed by atoms with Crippen molar-refractivity contribution in [3.63, 3.8) is 0 Å². The lowest BCUT2D eigenvalue weighted by Gasteiger charge is -2.30. The first-order valence-corrected chi connectivity index (χ1v) is 8.71. The van der Waals surface area contributed by atoms with Crippen molar-refractivity contribution in [1.82, 2.24) is 15.8 Å². The van der Waals surface area contributed by atoms with Gasteiger partial charge in [0, 0.05) is 11.1 Å². The summed E-state index contributed by atoms with van der Waals surface area (Å²) >= 11 is 11.8. The Bertz CT molecular complexity index is 719. The molecule has 1 aromatic carbocycles. The van der Waals surface area contributed by atoms with Crippen LogP contribution in [0.5, 0.6) is 5.75 Å². The van der Waals surface area contributed by atoms with Gasteiger partial charge < -0.3 is 10.1 Å². The smallest absolute Gasteiger partial charge is 0.344 e. The van der Waals surface area contributed by atoms with Crippen molar-refractivity contribution in [3.8, 4) is 5.75 Å². The van der Waals surface area contributed by atoms with E-state index in [-0.39, 0.29) is 5.75 Å². The van der Waals surface area contributed by atoms with Crippen LogP contribution >= 0.6 is 23.2 Å². The number of imide groups is 1. The number of hydrazine groups is 1. The summed E-state index contributed by atoms with van der Waals surface area (Å²) in [7, 11) is 0. The largest absolute Gasteiger partial charge is 0.482 e. The molecule has 2 aliphatic rings. The number of ether oxygens (including phenoxy) is 1. The van der Waals surface area contributed by atoms with E-state index in [1.807, 2.05) is 0 Å². The minimum absolute atomic E-state index is 0.241. The second kappa shape index (κ2) is 7.09. The highest BCUT2D eigenvalue weighted by atomic mass is 35.5. The maximum atomic E-state index is 12.5. The normalized spacial score (nSPS) is 19.0. The molecule has 0 radical (unpaired) electrons. The van der Waals surface area contributed by atoms with Crippen molar-refractivity contribution >= 4 is 41.0 Å². The van der Waals surface area contributed by atoms with Crippen LogP contribution in [0.1, 0.15) is 32.1 Å². The molecule has 0 bridgehead atoms. The average molecular weight is 386 g/mol. The Morgan fingerprint density at radius 1 is 1.24 bits per heavy atom. The summed E-state index contributed by atoms with van der Waals surface area (Å²) in [6.45, 7) is -0.413. The molecule has 1 aliphatic carbocycles. The third-order valence-electron chi connectivity index (χ3n) is 4.36. The van der Waals surface area contributed by atoms with E-state index in [0.717, 1.165) is 24.3 Å². The Morgan fingerprint density at radius 3 is 2.68 bits per heavy atom. The van der Waals surface area contributed by atoms with Gasteiger partial charge in [0.05, 0.1) is 5.02 Å². The molecule has 1 saturated carbocycles. The van der Waals surface area contributed by atoms with Crippen molar-refractivity contribution in [1.29, 1.82) is 0 Å². The summed E-state index contributed by atoms with van der Waals surface area (Å²) in [5.41, 5.74) is 1.40. The quantitative estimate of drug-likeness (QED) is 0.779. The van der Waals surface area contributed by atoms with Gasteiger partial charge in [0.15, 0.2) is 6.61 Å². The number of carbonyl (C=O) groups excluding carboxylic acids is 3. The third-order valence-corrected chi connectivity index (χ3v) is 4.90. The number of halogens is 2. The Kier molecular flexibility index (Phi) is 5.06. The molecule has 2 fully saturated rings. The molecule has 134 valence electrons. The molecule has 1 heterocycles. The molecule has 1 aromatic rings. The van der Waals surface area contributed by atoms with Gasteiger partial charge in [-0.25, -0.2) is 4.79 Å². The summed E-state index contributed by atoms with van der Waals surface area (Å²) in [6, 6.07) is 3.98. The highest BCUT2D eigenvalue weighted by Gasteiger charge is 2.52. The number of urea groups is 1. The van der Waals surface area contributed by atoms with Crippen LogP contribution in [0, 0.1) is 0 Å². The highest BCUT2D eigenvalue weighted by molar-refractivity contribution is 6.34. The summed E-state index contributed by atoms with van der Waals surface area (Å²) in [6.07, 6.45) is 3.93. The zero-order chi connectivity index (χ0) is 18.0. The average Bonchev–Trinajstić information content (AvgIpc) is 2.80. The fourth-order valence-corrected chi connectivity index (χ4v) is 3.44. The standard InChI is InChI=1S/C16H17Cl2N3O4/c17-10-4-5-11(18)12(8-10)25-9-13(22)20-21-14(23)16(19-15(21)24)6-2-1-3-7-16/h4-5,8H,1-3,6-7,9H2,(H,19,24)(H,20,22). The van der Waals surface area contributed by atoms with E-state index in [2.05, 4.69) is 10.7 Å². The number of benzene rings is 1. The molecule has 1 spiro atoms. The number of amides is 4. The van der Waals surface area contributed by atoms with Gasteiger partial charge in [-0.2, -0.15) is 5.01 Å².